The van der Waals surface area contributed by atoms with Crippen molar-refractivity contribution in [3.05, 3.63) is 0 Å². The van der Waals surface area contributed by atoms with Crippen LogP contribution >= 0.6 is 0 Å². The van der Waals surface area contributed by atoms with Crippen LogP contribution in [-0.4, -0.2) is 63.6 Å². The summed E-state index contributed by atoms with van der Waals surface area (Å²) in [5.74, 6) is 0. The molecule has 2 aliphatic heterocycles. The van der Waals surface area contributed by atoms with E-state index in [1.807, 2.05) is 0 Å². The first-order valence-electron chi connectivity index (χ1n) is 7.00. The smallest absolute Gasteiger partial charge is 0.0443 e. The molecule has 2 heterocycles. The summed E-state index contributed by atoms with van der Waals surface area (Å²) >= 11 is 0. The lowest BCUT2D eigenvalue weighted by Gasteiger charge is -2.17. The van der Waals surface area contributed by atoms with E-state index in [1.54, 1.807) is 0 Å². The Labute approximate surface area is 111 Å². The number of nitrogens with one attached hydrogen (secondary N) is 3. The van der Waals surface area contributed by atoms with E-state index in [0.29, 0.717) is 12.6 Å². The van der Waals surface area contributed by atoms with E-state index in [2.05, 4.69) is 16.0 Å². The summed E-state index contributed by atoms with van der Waals surface area (Å²) in [6.07, 6.45) is 3.03. The molecule has 110 valence electrons. The van der Waals surface area contributed by atoms with Crippen LogP contribution in [0.3, 0.4) is 0 Å². The van der Waals surface area contributed by atoms with Crippen LogP contribution in [0.5, 0.6) is 0 Å². The highest BCUT2D eigenvalue weighted by atomic mass is 16.2. The highest BCUT2D eigenvalue weighted by Gasteiger charge is 2.05. The van der Waals surface area contributed by atoms with Crippen molar-refractivity contribution in [3.8, 4) is 0 Å². The quantitative estimate of drug-likeness (QED) is 0.350. The first-order valence-corrected chi connectivity index (χ1v) is 7.00. The molecule has 0 bridgehead atoms. The molecular formula is C12H31N5O. The zero-order valence-corrected chi connectivity index (χ0v) is 11.5. The Bertz CT molecular complexity index is 136. The molecule has 2 fully saturated rings. The molecule has 0 amide bonds. The van der Waals surface area contributed by atoms with E-state index >= 15 is 0 Å². The van der Waals surface area contributed by atoms with Gasteiger partial charge in [-0.25, -0.2) is 0 Å². The SMILES string of the molecule is C1CNCCN1.NC1CCNCC1.NCCCO. The third-order valence-electron chi connectivity index (χ3n) is 2.70. The molecule has 18 heavy (non-hydrogen) atoms. The molecule has 6 nitrogen and oxygen atoms in total. The third kappa shape index (κ3) is 13.8. The normalized spacial score (nSPS) is 20.2. The average Bonchev–Trinajstić information content (AvgIpc) is 2.44. The first kappa shape index (κ1) is 17.8. The summed E-state index contributed by atoms with van der Waals surface area (Å²) in [5.41, 5.74) is 10.6. The molecule has 0 unspecified atom stereocenters. The fourth-order valence-corrected chi connectivity index (χ4v) is 1.54. The first-order chi connectivity index (χ1) is 8.81. The van der Waals surface area contributed by atoms with Crippen molar-refractivity contribution in [2.75, 3.05) is 52.4 Å². The van der Waals surface area contributed by atoms with E-state index < -0.39 is 0 Å². The summed E-state index contributed by atoms with van der Waals surface area (Å²) in [7, 11) is 0. The van der Waals surface area contributed by atoms with Crippen molar-refractivity contribution >= 4 is 0 Å². The van der Waals surface area contributed by atoms with Crippen LogP contribution in [0.15, 0.2) is 0 Å². The Hall–Kier alpha value is -0.240. The Balaban J connectivity index is 0.000000245. The molecule has 8 N–H and O–H groups in total. The van der Waals surface area contributed by atoms with Crippen LogP contribution in [0.1, 0.15) is 19.3 Å². The Morgan fingerprint density at radius 3 is 1.50 bits per heavy atom. The second-order valence-electron chi connectivity index (χ2n) is 4.45. The van der Waals surface area contributed by atoms with Crippen LogP contribution in [0, 0.1) is 0 Å². The Morgan fingerprint density at radius 1 is 0.889 bits per heavy atom. The van der Waals surface area contributed by atoms with E-state index in [9.17, 15) is 0 Å². The molecule has 6 heteroatoms. The van der Waals surface area contributed by atoms with Gasteiger partial charge in [0.05, 0.1) is 0 Å². The molecule has 2 saturated heterocycles. The van der Waals surface area contributed by atoms with Crippen molar-refractivity contribution in [2.45, 2.75) is 25.3 Å². The number of rotatable bonds is 2. The Kier molecular flexibility index (Phi) is 14.6. The second-order valence-corrected chi connectivity index (χ2v) is 4.45. The number of nitrogens with two attached hydrogens (primary N) is 2. The lowest BCUT2D eigenvalue weighted by molar-refractivity contribution is 0.291. The molecule has 0 aromatic heterocycles. The van der Waals surface area contributed by atoms with Crippen LogP contribution in [0.25, 0.3) is 0 Å². The maximum Gasteiger partial charge on any atom is 0.0443 e. The number of piperazine rings is 1. The van der Waals surface area contributed by atoms with Crippen LogP contribution < -0.4 is 27.4 Å². The zero-order chi connectivity index (χ0) is 13.5. The maximum atomic E-state index is 7.99. The fraction of sp³-hybridized carbons (Fsp3) is 1.00. The van der Waals surface area contributed by atoms with E-state index in [-0.39, 0.29) is 6.61 Å². The molecule has 0 aromatic rings. The number of aliphatic hydroxyl groups excluding tert-OH is 1. The molecular weight excluding hydrogens is 230 g/mol. The van der Waals surface area contributed by atoms with E-state index in [1.165, 1.54) is 0 Å². The van der Waals surface area contributed by atoms with Gasteiger partial charge < -0.3 is 32.5 Å². The monoisotopic (exact) mass is 261 g/mol. The molecule has 2 rings (SSSR count). The molecule has 0 aromatic carbocycles. The largest absolute Gasteiger partial charge is 0.396 e. The molecule has 2 aliphatic rings. The van der Waals surface area contributed by atoms with Gasteiger partial charge in [-0.2, -0.15) is 0 Å². The number of aliphatic hydroxyl groups is 1. The third-order valence-corrected chi connectivity index (χ3v) is 2.70. The highest BCUT2D eigenvalue weighted by molar-refractivity contribution is 4.69. The summed E-state index contributed by atoms with van der Waals surface area (Å²) in [6.45, 7) is 7.59. The van der Waals surface area contributed by atoms with Crippen LogP contribution in [-0.2, 0) is 0 Å². The second kappa shape index (κ2) is 14.8. The van der Waals surface area contributed by atoms with Gasteiger partial charge in [-0.1, -0.05) is 0 Å². The fourth-order valence-electron chi connectivity index (χ4n) is 1.54. The Morgan fingerprint density at radius 2 is 1.33 bits per heavy atom. The maximum absolute atomic E-state index is 7.99. The topological polar surface area (TPSA) is 108 Å². The van der Waals surface area contributed by atoms with Gasteiger partial charge in [0.1, 0.15) is 0 Å². The summed E-state index contributed by atoms with van der Waals surface area (Å²) in [4.78, 5) is 0. The van der Waals surface area contributed by atoms with Crippen LogP contribution in [0.4, 0.5) is 0 Å². The predicted octanol–water partition coefficient (Wildman–Crippen LogP) is -1.80. The standard InChI is InChI=1S/C5H12N2.C4H10N2.C3H9NO/c6-5-1-3-7-4-2-5;1-2-6-4-3-5-1;4-2-1-3-5/h5,7H,1-4,6H2;5-6H,1-4H2;5H,1-4H2. The summed E-state index contributed by atoms with van der Waals surface area (Å²) in [5, 5.41) is 17.7. The van der Waals surface area contributed by atoms with Crippen molar-refractivity contribution in [1.29, 1.82) is 0 Å². The minimum absolute atomic E-state index is 0.219. The lowest BCUT2D eigenvalue weighted by Crippen LogP contribution is -2.39. The van der Waals surface area contributed by atoms with Crippen molar-refractivity contribution in [3.63, 3.8) is 0 Å². The lowest BCUT2D eigenvalue weighted by atomic mass is 10.1. The van der Waals surface area contributed by atoms with Gasteiger partial charge in [0.2, 0.25) is 0 Å². The zero-order valence-electron chi connectivity index (χ0n) is 11.5. The molecule has 0 aliphatic carbocycles. The highest BCUT2D eigenvalue weighted by Crippen LogP contribution is 1.96. The number of hydrogen-bond acceptors (Lipinski definition) is 6. The van der Waals surface area contributed by atoms with E-state index in [0.717, 1.165) is 58.5 Å². The van der Waals surface area contributed by atoms with Gasteiger partial charge >= 0.3 is 0 Å². The minimum atomic E-state index is 0.219. The molecule has 0 spiro atoms. The van der Waals surface area contributed by atoms with Crippen molar-refractivity contribution < 1.29 is 5.11 Å². The van der Waals surface area contributed by atoms with Gasteiger partial charge in [0.25, 0.3) is 0 Å². The van der Waals surface area contributed by atoms with Gasteiger partial charge in [-0.3, -0.25) is 0 Å². The molecule has 0 radical (unpaired) electrons. The number of hydrogen-bond donors (Lipinski definition) is 6. The van der Waals surface area contributed by atoms with Crippen LogP contribution in [0.2, 0.25) is 0 Å². The van der Waals surface area contributed by atoms with Gasteiger partial charge in [0.15, 0.2) is 0 Å². The average molecular weight is 261 g/mol. The van der Waals surface area contributed by atoms with Gasteiger partial charge in [-0.15, -0.1) is 0 Å². The number of piperidine rings is 1. The van der Waals surface area contributed by atoms with Crippen molar-refractivity contribution in [2.24, 2.45) is 11.5 Å². The molecule has 0 atom stereocenters. The van der Waals surface area contributed by atoms with Gasteiger partial charge in [0, 0.05) is 38.8 Å². The summed E-state index contributed by atoms with van der Waals surface area (Å²) in [6, 6.07) is 0.473. The van der Waals surface area contributed by atoms with E-state index in [4.69, 9.17) is 16.6 Å². The molecule has 0 saturated carbocycles. The summed E-state index contributed by atoms with van der Waals surface area (Å²) < 4.78 is 0. The minimum Gasteiger partial charge on any atom is -0.396 e. The van der Waals surface area contributed by atoms with Gasteiger partial charge in [-0.05, 0) is 38.9 Å². The van der Waals surface area contributed by atoms with Crippen molar-refractivity contribution in [1.82, 2.24) is 16.0 Å². The predicted molar refractivity (Wildman–Crippen MR) is 76.6 cm³/mol.